The van der Waals surface area contributed by atoms with Crippen LogP contribution in [0.4, 0.5) is 13.2 Å². The van der Waals surface area contributed by atoms with E-state index in [0.717, 1.165) is 34.4 Å². The van der Waals surface area contributed by atoms with E-state index in [9.17, 15) is 13.2 Å². The van der Waals surface area contributed by atoms with Crippen molar-refractivity contribution in [2.45, 2.75) is 19.7 Å². The fourth-order valence-electron chi connectivity index (χ4n) is 3.38. The predicted octanol–water partition coefficient (Wildman–Crippen LogP) is 6.44. The Labute approximate surface area is 172 Å². The zero-order valence-electron chi connectivity index (χ0n) is 16.5. The van der Waals surface area contributed by atoms with Crippen LogP contribution in [-0.4, -0.2) is 17.1 Å². The first-order valence-corrected chi connectivity index (χ1v) is 9.38. The summed E-state index contributed by atoms with van der Waals surface area (Å²) in [6, 6.07) is 17.3. The summed E-state index contributed by atoms with van der Waals surface area (Å²) in [5.41, 5.74) is 4.95. The van der Waals surface area contributed by atoms with Crippen LogP contribution in [0.1, 0.15) is 16.7 Å². The lowest BCUT2D eigenvalue weighted by Gasteiger charge is -2.11. The van der Waals surface area contributed by atoms with Gasteiger partial charge < -0.3 is 4.74 Å². The molecule has 0 aliphatic heterocycles. The molecule has 30 heavy (non-hydrogen) atoms. The fourth-order valence-corrected chi connectivity index (χ4v) is 3.38. The summed E-state index contributed by atoms with van der Waals surface area (Å²) in [5.74, 6) is 0. The van der Waals surface area contributed by atoms with Crippen molar-refractivity contribution < 1.29 is 17.9 Å². The average molecular weight is 408 g/mol. The number of ether oxygens (including phenoxy) is 1. The van der Waals surface area contributed by atoms with Crippen LogP contribution in [0.5, 0.6) is 0 Å². The molecule has 0 unspecified atom stereocenters. The third-order valence-corrected chi connectivity index (χ3v) is 4.97. The summed E-state index contributed by atoms with van der Waals surface area (Å²) in [4.78, 5) is 9.04. The van der Waals surface area contributed by atoms with E-state index in [1.807, 2.05) is 36.4 Å². The summed E-state index contributed by atoms with van der Waals surface area (Å²) in [6.45, 7) is 2.35. The molecule has 0 N–H and O–H groups in total. The number of nitrogens with zero attached hydrogens (tertiary/aromatic N) is 2. The van der Waals surface area contributed by atoms with Gasteiger partial charge in [-0.25, -0.2) is 4.98 Å². The largest absolute Gasteiger partial charge is 0.416 e. The second-order valence-electron chi connectivity index (χ2n) is 7.12. The first kappa shape index (κ1) is 20.0. The van der Waals surface area contributed by atoms with Crippen molar-refractivity contribution in [1.29, 1.82) is 0 Å². The molecule has 3 nitrogen and oxygen atoms in total. The molecule has 2 heterocycles. The highest BCUT2D eigenvalue weighted by molar-refractivity contribution is 5.85. The number of fused-ring (bicyclic) bond motifs is 1. The SMILES string of the molecule is COCc1ccc(-c2ccc(-c3cc(C)c4cc(C(F)(F)F)ccc4n3)nc2)cc1. The Morgan fingerprint density at radius 1 is 0.867 bits per heavy atom. The lowest BCUT2D eigenvalue weighted by molar-refractivity contribution is -0.137. The van der Waals surface area contributed by atoms with E-state index in [-0.39, 0.29) is 0 Å². The summed E-state index contributed by atoms with van der Waals surface area (Å²) < 4.78 is 44.1. The van der Waals surface area contributed by atoms with Crippen LogP contribution in [0, 0.1) is 6.92 Å². The molecule has 0 atom stereocenters. The van der Waals surface area contributed by atoms with Gasteiger partial charge in [-0.05, 0) is 53.9 Å². The molecular weight excluding hydrogens is 389 g/mol. The minimum atomic E-state index is -4.38. The van der Waals surface area contributed by atoms with Crippen molar-refractivity contribution in [2.75, 3.05) is 7.11 Å². The van der Waals surface area contributed by atoms with Gasteiger partial charge in [0.05, 0.1) is 29.1 Å². The number of methoxy groups -OCH3 is 1. The van der Waals surface area contributed by atoms with Gasteiger partial charge in [0.1, 0.15) is 0 Å². The molecule has 0 saturated heterocycles. The van der Waals surface area contributed by atoms with E-state index in [1.165, 1.54) is 6.07 Å². The quantitative estimate of drug-likeness (QED) is 0.390. The molecule has 152 valence electrons. The molecule has 4 rings (SSSR count). The zero-order chi connectivity index (χ0) is 21.3. The first-order valence-electron chi connectivity index (χ1n) is 9.38. The first-order chi connectivity index (χ1) is 14.3. The third kappa shape index (κ3) is 4.04. The van der Waals surface area contributed by atoms with Gasteiger partial charge in [0.2, 0.25) is 0 Å². The summed E-state index contributed by atoms with van der Waals surface area (Å²) in [5, 5.41) is 0.487. The van der Waals surface area contributed by atoms with E-state index >= 15 is 0 Å². The summed E-state index contributed by atoms with van der Waals surface area (Å²) >= 11 is 0. The van der Waals surface area contributed by atoms with Crippen LogP contribution in [0.3, 0.4) is 0 Å². The standard InChI is InChI=1S/C24H19F3N2O/c1-15-11-23(29-21-10-8-19(12-20(15)21)24(25,26)27)22-9-7-18(13-28-22)17-5-3-16(4-6-17)14-30-2/h3-13H,14H2,1-2H3. The van der Waals surface area contributed by atoms with Gasteiger partial charge in [0.15, 0.2) is 0 Å². The maximum atomic E-state index is 13.0. The van der Waals surface area contributed by atoms with Crippen LogP contribution in [0.25, 0.3) is 33.4 Å². The monoisotopic (exact) mass is 408 g/mol. The normalized spacial score (nSPS) is 11.8. The molecule has 6 heteroatoms. The summed E-state index contributed by atoms with van der Waals surface area (Å²) in [7, 11) is 1.66. The minimum absolute atomic E-state index is 0.487. The molecule has 2 aromatic carbocycles. The highest BCUT2D eigenvalue weighted by Gasteiger charge is 2.30. The van der Waals surface area contributed by atoms with Gasteiger partial charge in [-0.2, -0.15) is 13.2 Å². The molecule has 0 aliphatic rings. The lowest BCUT2D eigenvalue weighted by Crippen LogP contribution is -2.04. The van der Waals surface area contributed by atoms with Crippen LogP contribution < -0.4 is 0 Å². The number of benzene rings is 2. The number of aromatic nitrogens is 2. The number of alkyl halides is 3. The minimum Gasteiger partial charge on any atom is -0.380 e. The van der Waals surface area contributed by atoms with Crippen molar-refractivity contribution in [3.63, 3.8) is 0 Å². The van der Waals surface area contributed by atoms with Crippen molar-refractivity contribution >= 4 is 10.9 Å². The van der Waals surface area contributed by atoms with Gasteiger partial charge in [0, 0.05) is 24.3 Å². The van der Waals surface area contributed by atoms with Gasteiger partial charge >= 0.3 is 6.18 Å². The molecule has 2 aromatic heterocycles. The molecule has 0 radical (unpaired) electrons. The van der Waals surface area contributed by atoms with Crippen molar-refractivity contribution in [3.05, 3.63) is 83.6 Å². The van der Waals surface area contributed by atoms with Gasteiger partial charge in [0.25, 0.3) is 0 Å². The molecular formula is C24H19F3N2O. The third-order valence-electron chi connectivity index (χ3n) is 4.97. The highest BCUT2D eigenvalue weighted by Crippen LogP contribution is 2.33. The zero-order valence-corrected chi connectivity index (χ0v) is 16.5. The number of rotatable bonds is 4. The van der Waals surface area contributed by atoms with Crippen molar-refractivity contribution in [1.82, 2.24) is 9.97 Å². The van der Waals surface area contributed by atoms with E-state index in [4.69, 9.17) is 4.74 Å². The van der Waals surface area contributed by atoms with E-state index < -0.39 is 11.7 Å². The molecule has 4 aromatic rings. The lowest BCUT2D eigenvalue weighted by atomic mass is 10.0. The number of hydrogen-bond donors (Lipinski definition) is 0. The van der Waals surface area contributed by atoms with Crippen LogP contribution in [0.2, 0.25) is 0 Å². The molecule has 0 fully saturated rings. The Balaban J connectivity index is 1.65. The predicted molar refractivity (Wildman–Crippen MR) is 111 cm³/mol. The van der Waals surface area contributed by atoms with E-state index in [1.54, 1.807) is 26.3 Å². The second kappa shape index (κ2) is 7.88. The number of hydrogen-bond acceptors (Lipinski definition) is 3. The van der Waals surface area contributed by atoms with Crippen LogP contribution >= 0.6 is 0 Å². The summed E-state index contributed by atoms with van der Waals surface area (Å²) in [6.07, 6.45) is -2.60. The van der Waals surface area contributed by atoms with E-state index in [0.29, 0.717) is 28.9 Å². The maximum absolute atomic E-state index is 13.0. The average Bonchev–Trinajstić information content (AvgIpc) is 2.74. The molecule has 0 saturated carbocycles. The van der Waals surface area contributed by atoms with Crippen molar-refractivity contribution in [2.24, 2.45) is 0 Å². The molecule has 0 amide bonds. The van der Waals surface area contributed by atoms with E-state index in [2.05, 4.69) is 9.97 Å². The van der Waals surface area contributed by atoms with Gasteiger partial charge in [-0.15, -0.1) is 0 Å². The number of aryl methyl sites for hydroxylation is 1. The van der Waals surface area contributed by atoms with Crippen LogP contribution in [-0.2, 0) is 17.5 Å². The number of halogens is 3. The Hall–Kier alpha value is -3.25. The topological polar surface area (TPSA) is 35.0 Å². The molecule has 0 spiro atoms. The fraction of sp³-hybridized carbons (Fsp3) is 0.167. The van der Waals surface area contributed by atoms with Gasteiger partial charge in [-0.3, -0.25) is 4.98 Å². The number of pyridine rings is 2. The molecule has 0 aliphatic carbocycles. The van der Waals surface area contributed by atoms with Crippen LogP contribution in [0.15, 0.2) is 66.9 Å². The Morgan fingerprint density at radius 2 is 1.60 bits per heavy atom. The maximum Gasteiger partial charge on any atom is 0.416 e. The van der Waals surface area contributed by atoms with Gasteiger partial charge in [-0.1, -0.05) is 30.3 Å². The van der Waals surface area contributed by atoms with Crippen molar-refractivity contribution in [3.8, 4) is 22.5 Å². The Morgan fingerprint density at radius 3 is 2.23 bits per heavy atom. The second-order valence-corrected chi connectivity index (χ2v) is 7.12. The highest BCUT2D eigenvalue weighted by atomic mass is 19.4. The molecule has 0 bridgehead atoms. The Bertz CT molecular complexity index is 1180. The Kier molecular flexibility index (Phi) is 5.26. The smallest absolute Gasteiger partial charge is 0.380 e.